The Kier molecular flexibility index (Phi) is 3.90. The highest BCUT2D eigenvalue weighted by Gasteiger charge is 2.06. The monoisotopic (exact) mass is 316 g/mol. The van der Waals surface area contributed by atoms with Gasteiger partial charge in [0.05, 0.1) is 11.0 Å². The van der Waals surface area contributed by atoms with E-state index in [-0.39, 0.29) is 5.28 Å². The van der Waals surface area contributed by atoms with Gasteiger partial charge in [0, 0.05) is 12.7 Å². The van der Waals surface area contributed by atoms with Crippen molar-refractivity contribution in [1.82, 2.24) is 24.7 Å². The van der Waals surface area contributed by atoms with Crippen LogP contribution in [0.25, 0.3) is 0 Å². The summed E-state index contributed by atoms with van der Waals surface area (Å²) in [4.78, 5) is 7.92. The molecule has 2 heterocycles. The molecule has 0 aliphatic heterocycles. The Labute approximate surface area is 112 Å². The maximum Gasteiger partial charge on any atom is 0.224 e. The molecule has 6 nitrogen and oxygen atoms in total. The summed E-state index contributed by atoms with van der Waals surface area (Å²) in [6.07, 6.45) is 3.29. The molecule has 0 aliphatic carbocycles. The van der Waals surface area contributed by atoms with Crippen LogP contribution in [0.1, 0.15) is 12.7 Å². The first kappa shape index (κ1) is 12.3. The van der Waals surface area contributed by atoms with Crippen molar-refractivity contribution >= 4 is 33.3 Å². The molecule has 0 bridgehead atoms. The Hall–Kier alpha value is -1.21. The van der Waals surface area contributed by atoms with Crippen molar-refractivity contribution in [3.05, 3.63) is 28.1 Å². The summed E-state index contributed by atoms with van der Waals surface area (Å²) in [7, 11) is 0. The van der Waals surface area contributed by atoms with Crippen LogP contribution >= 0.6 is 27.5 Å². The quantitative estimate of drug-likeness (QED) is 0.875. The van der Waals surface area contributed by atoms with E-state index in [1.54, 1.807) is 12.5 Å². The number of anilines is 1. The Morgan fingerprint density at radius 1 is 1.53 bits per heavy atom. The van der Waals surface area contributed by atoms with Crippen LogP contribution in [0.4, 0.5) is 5.82 Å². The zero-order valence-electron chi connectivity index (χ0n) is 9.06. The number of hydrogen-bond donors (Lipinski definition) is 1. The Morgan fingerprint density at radius 3 is 3.12 bits per heavy atom. The minimum atomic E-state index is 0.202. The predicted molar refractivity (Wildman–Crippen MR) is 67.8 cm³/mol. The first-order valence-corrected chi connectivity index (χ1v) is 6.16. The van der Waals surface area contributed by atoms with Crippen LogP contribution in [0.15, 0.2) is 17.0 Å². The molecule has 17 heavy (non-hydrogen) atoms. The number of rotatable bonds is 4. The van der Waals surface area contributed by atoms with Gasteiger partial charge in [-0.25, -0.2) is 4.98 Å². The summed E-state index contributed by atoms with van der Waals surface area (Å²) < 4.78 is 2.70. The smallest absolute Gasteiger partial charge is 0.224 e. The first-order valence-electron chi connectivity index (χ1n) is 4.99. The standard InChI is InChI=1S/C9H10BrClN6/c1-2-17-5-14-16-7(17)4-12-8-6(10)3-13-9(11)15-8/h3,5H,2,4H2,1H3,(H,12,13,15). The van der Waals surface area contributed by atoms with Crippen molar-refractivity contribution in [3.8, 4) is 0 Å². The summed E-state index contributed by atoms with van der Waals surface area (Å²) in [5, 5.41) is 11.2. The van der Waals surface area contributed by atoms with Gasteiger partial charge in [0.25, 0.3) is 0 Å². The Morgan fingerprint density at radius 2 is 2.35 bits per heavy atom. The number of nitrogens with one attached hydrogen (secondary N) is 1. The van der Waals surface area contributed by atoms with E-state index in [1.165, 1.54) is 0 Å². The van der Waals surface area contributed by atoms with Crippen molar-refractivity contribution in [3.63, 3.8) is 0 Å². The van der Waals surface area contributed by atoms with Gasteiger partial charge in [0.1, 0.15) is 12.1 Å². The van der Waals surface area contributed by atoms with Crippen LogP contribution in [0, 0.1) is 0 Å². The predicted octanol–water partition coefficient (Wildman–Crippen LogP) is 2.12. The molecule has 0 saturated carbocycles. The molecule has 0 aromatic carbocycles. The third-order valence-electron chi connectivity index (χ3n) is 2.17. The van der Waals surface area contributed by atoms with Gasteiger partial charge in [-0.3, -0.25) is 0 Å². The zero-order chi connectivity index (χ0) is 12.3. The highest BCUT2D eigenvalue weighted by atomic mass is 79.9. The molecule has 2 rings (SSSR count). The van der Waals surface area contributed by atoms with Gasteiger partial charge in [-0.15, -0.1) is 10.2 Å². The van der Waals surface area contributed by atoms with Crippen molar-refractivity contribution in [2.45, 2.75) is 20.0 Å². The molecular weight excluding hydrogens is 307 g/mol. The third kappa shape index (κ3) is 2.92. The highest BCUT2D eigenvalue weighted by Crippen LogP contribution is 2.20. The van der Waals surface area contributed by atoms with Crippen LogP contribution in [-0.4, -0.2) is 24.7 Å². The summed E-state index contributed by atoms with van der Waals surface area (Å²) in [6.45, 7) is 3.39. The van der Waals surface area contributed by atoms with Gasteiger partial charge in [-0.2, -0.15) is 4.98 Å². The number of hydrogen-bond acceptors (Lipinski definition) is 5. The van der Waals surface area contributed by atoms with Crippen molar-refractivity contribution in [2.75, 3.05) is 5.32 Å². The van der Waals surface area contributed by atoms with E-state index in [1.807, 2.05) is 11.5 Å². The fraction of sp³-hybridized carbons (Fsp3) is 0.333. The minimum absolute atomic E-state index is 0.202. The maximum atomic E-state index is 5.72. The third-order valence-corrected chi connectivity index (χ3v) is 2.93. The molecular formula is C9H10BrClN6. The topological polar surface area (TPSA) is 68.5 Å². The van der Waals surface area contributed by atoms with Gasteiger partial charge < -0.3 is 9.88 Å². The van der Waals surface area contributed by atoms with E-state index in [2.05, 4.69) is 41.4 Å². The normalized spacial score (nSPS) is 10.5. The van der Waals surface area contributed by atoms with Crippen molar-refractivity contribution in [2.24, 2.45) is 0 Å². The van der Waals surface area contributed by atoms with E-state index in [4.69, 9.17) is 11.6 Å². The van der Waals surface area contributed by atoms with Crippen LogP contribution < -0.4 is 5.32 Å². The molecule has 1 N–H and O–H groups in total. The maximum absolute atomic E-state index is 5.72. The number of aryl methyl sites for hydroxylation is 1. The van der Waals surface area contributed by atoms with Gasteiger partial charge in [-0.1, -0.05) is 0 Å². The van der Waals surface area contributed by atoms with Crippen molar-refractivity contribution in [1.29, 1.82) is 0 Å². The Bertz CT molecular complexity index is 514. The second kappa shape index (κ2) is 5.42. The van der Waals surface area contributed by atoms with E-state index < -0.39 is 0 Å². The molecule has 0 amide bonds. The second-order valence-corrected chi connectivity index (χ2v) is 4.41. The molecule has 2 aromatic rings. The van der Waals surface area contributed by atoms with E-state index >= 15 is 0 Å². The second-order valence-electron chi connectivity index (χ2n) is 3.22. The molecule has 0 fully saturated rings. The average Bonchev–Trinajstić information content (AvgIpc) is 2.77. The summed E-state index contributed by atoms with van der Waals surface area (Å²) >= 11 is 9.06. The summed E-state index contributed by atoms with van der Waals surface area (Å²) in [5.41, 5.74) is 0. The largest absolute Gasteiger partial charge is 0.362 e. The number of nitrogens with zero attached hydrogens (tertiary/aromatic N) is 5. The lowest BCUT2D eigenvalue weighted by Gasteiger charge is -2.07. The van der Waals surface area contributed by atoms with E-state index in [9.17, 15) is 0 Å². The number of halogens is 2. The fourth-order valence-electron chi connectivity index (χ4n) is 1.31. The van der Waals surface area contributed by atoms with Crippen molar-refractivity contribution < 1.29 is 0 Å². The Balaban J connectivity index is 2.09. The lowest BCUT2D eigenvalue weighted by molar-refractivity contribution is 0.707. The van der Waals surface area contributed by atoms with Gasteiger partial charge in [0.15, 0.2) is 5.82 Å². The van der Waals surface area contributed by atoms with Crippen LogP contribution in [0.3, 0.4) is 0 Å². The zero-order valence-corrected chi connectivity index (χ0v) is 11.4. The summed E-state index contributed by atoms with van der Waals surface area (Å²) in [5.74, 6) is 1.48. The molecule has 0 atom stereocenters. The number of aromatic nitrogens is 5. The molecule has 0 saturated heterocycles. The SMILES string of the molecule is CCn1cnnc1CNc1nc(Cl)ncc1Br. The molecule has 0 aliphatic rings. The van der Waals surface area contributed by atoms with Gasteiger partial charge in [0.2, 0.25) is 5.28 Å². The first-order chi connectivity index (χ1) is 8.20. The molecule has 0 spiro atoms. The highest BCUT2D eigenvalue weighted by molar-refractivity contribution is 9.10. The lowest BCUT2D eigenvalue weighted by atomic mass is 10.5. The van der Waals surface area contributed by atoms with Crippen LogP contribution in [-0.2, 0) is 13.1 Å². The minimum Gasteiger partial charge on any atom is -0.362 e. The van der Waals surface area contributed by atoms with Gasteiger partial charge in [-0.05, 0) is 34.5 Å². The molecule has 8 heteroatoms. The molecule has 0 unspecified atom stereocenters. The summed E-state index contributed by atoms with van der Waals surface area (Å²) in [6, 6.07) is 0. The lowest BCUT2D eigenvalue weighted by Crippen LogP contribution is -2.09. The fourth-order valence-corrected chi connectivity index (χ4v) is 1.78. The van der Waals surface area contributed by atoms with Crippen LogP contribution in [0.5, 0.6) is 0 Å². The molecule has 2 aromatic heterocycles. The molecule has 0 radical (unpaired) electrons. The van der Waals surface area contributed by atoms with E-state index in [0.29, 0.717) is 12.4 Å². The molecule has 90 valence electrons. The van der Waals surface area contributed by atoms with Gasteiger partial charge >= 0.3 is 0 Å². The average molecular weight is 318 g/mol. The van der Waals surface area contributed by atoms with E-state index in [0.717, 1.165) is 16.8 Å². The van der Waals surface area contributed by atoms with Crippen LogP contribution in [0.2, 0.25) is 5.28 Å².